The van der Waals surface area contributed by atoms with Crippen molar-refractivity contribution in [2.24, 2.45) is 0 Å². The number of hydrogen-bond donors (Lipinski definition) is 0. The topological polar surface area (TPSA) is 78.9 Å². The molecule has 6 heteroatoms. The fourth-order valence-corrected chi connectivity index (χ4v) is 10.7. The number of esters is 3. The molecule has 0 amide bonds. The molecule has 472 valence electrons. The van der Waals surface area contributed by atoms with Crippen LogP contribution in [-0.4, -0.2) is 37.2 Å². The number of allylic oxidation sites excluding steroid dienone is 10. The Morgan fingerprint density at radius 3 is 0.815 bits per heavy atom. The van der Waals surface area contributed by atoms with Crippen molar-refractivity contribution in [3.63, 3.8) is 0 Å². The molecule has 0 aromatic heterocycles. The van der Waals surface area contributed by atoms with Gasteiger partial charge in [-0.15, -0.1) is 0 Å². The summed E-state index contributed by atoms with van der Waals surface area (Å²) < 4.78 is 17.0. The molecule has 1 unspecified atom stereocenters. The first kappa shape index (κ1) is 78.1. The van der Waals surface area contributed by atoms with Crippen LogP contribution in [0, 0.1) is 0 Å². The van der Waals surface area contributed by atoms with E-state index in [1.54, 1.807) is 0 Å². The Bertz CT molecular complexity index is 1440. The average molecular weight is 1130 g/mol. The van der Waals surface area contributed by atoms with E-state index in [1.807, 2.05) is 0 Å². The predicted molar refractivity (Wildman–Crippen MR) is 353 cm³/mol. The summed E-state index contributed by atoms with van der Waals surface area (Å²) >= 11 is 0. The number of unbranched alkanes of at least 4 members (excludes halogenated alkanes) is 45. The average Bonchev–Trinajstić information content (AvgIpc) is 3.47. The van der Waals surface area contributed by atoms with E-state index < -0.39 is 6.10 Å². The molecule has 6 nitrogen and oxygen atoms in total. The van der Waals surface area contributed by atoms with Gasteiger partial charge in [-0.3, -0.25) is 14.4 Å². The van der Waals surface area contributed by atoms with E-state index in [1.165, 1.54) is 244 Å². The van der Waals surface area contributed by atoms with E-state index in [0.717, 1.165) is 96.3 Å². The van der Waals surface area contributed by atoms with Gasteiger partial charge in [-0.05, 0) is 77.0 Å². The van der Waals surface area contributed by atoms with Gasteiger partial charge >= 0.3 is 17.9 Å². The van der Waals surface area contributed by atoms with E-state index in [2.05, 4.69) is 81.5 Å². The zero-order valence-electron chi connectivity index (χ0n) is 54.3. The molecule has 0 N–H and O–H groups in total. The minimum atomic E-state index is -0.774. The van der Waals surface area contributed by atoms with Crippen molar-refractivity contribution < 1.29 is 28.6 Å². The van der Waals surface area contributed by atoms with Gasteiger partial charge in [0.15, 0.2) is 6.10 Å². The highest BCUT2D eigenvalue weighted by Crippen LogP contribution is 2.19. The van der Waals surface area contributed by atoms with E-state index in [0.29, 0.717) is 19.3 Å². The summed E-state index contributed by atoms with van der Waals surface area (Å²) in [5.41, 5.74) is 0. The lowest BCUT2D eigenvalue weighted by Gasteiger charge is -2.18. The molecule has 0 spiro atoms. The van der Waals surface area contributed by atoms with Crippen molar-refractivity contribution in [2.45, 2.75) is 386 Å². The minimum Gasteiger partial charge on any atom is -0.462 e. The van der Waals surface area contributed by atoms with Gasteiger partial charge in [0.25, 0.3) is 0 Å². The van der Waals surface area contributed by atoms with Gasteiger partial charge in [0.05, 0.1) is 0 Å². The van der Waals surface area contributed by atoms with Crippen LogP contribution in [0.25, 0.3) is 0 Å². The second kappa shape index (κ2) is 69.6. The van der Waals surface area contributed by atoms with Gasteiger partial charge in [-0.2, -0.15) is 0 Å². The molecule has 0 radical (unpaired) electrons. The molecule has 0 aliphatic carbocycles. The highest BCUT2D eigenvalue weighted by atomic mass is 16.6. The summed E-state index contributed by atoms with van der Waals surface area (Å²) in [7, 11) is 0. The third-order valence-electron chi connectivity index (χ3n) is 16.0. The molecular formula is C75H136O6. The van der Waals surface area contributed by atoms with Crippen LogP contribution >= 0.6 is 0 Å². The van der Waals surface area contributed by atoms with E-state index in [-0.39, 0.29) is 31.1 Å². The van der Waals surface area contributed by atoms with Crippen LogP contribution in [0.1, 0.15) is 380 Å². The Morgan fingerprint density at radius 1 is 0.259 bits per heavy atom. The SMILES string of the molecule is CC/C=C\C/C=C\C/C=C\C/C=C\CCCCCCCCCCCCCCCCCCCCC(=O)OCC(COC(=O)CCCCCCC/C=C\CCC)OC(=O)CCCCCCCCCCCCCCCCCCCCCCCC. The van der Waals surface area contributed by atoms with Crippen LogP contribution in [0.3, 0.4) is 0 Å². The second-order valence-corrected chi connectivity index (χ2v) is 24.1. The Morgan fingerprint density at radius 2 is 0.506 bits per heavy atom. The minimum absolute atomic E-state index is 0.0709. The molecule has 1 atom stereocenters. The normalized spacial score (nSPS) is 12.4. The van der Waals surface area contributed by atoms with Crippen molar-refractivity contribution in [1.82, 2.24) is 0 Å². The van der Waals surface area contributed by atoms with E-state index in [4.69, 9.17) is 14.2 Å². The monoisotopic (exact) mass is 1130 g/mol. The summed E-state index contributed by atoms with van der Waals surface area (Å²) in [6.07, 6.45) is 89.9. The lowest BCUT2D eigenvalue weighted by atomic mass is 10.0. The second-order valence-electron chi connectivity index (χ2n) is 24.1. The zero-order valence-corrected chi connectivity index (χ0v) is 54.3. The van der Waals surface area contributed by atoms with Gasteiger partial charge in [-0.25, -0.2) is 0 Å². The Labute approximate surface area is 504 Å². The van der Waals surface area contributed by atoms with Crippen molar-refractivity contribution >= 4 is 17.9 Å². The van der Waals surface area contributed by atoms with Crippen LogP contribution < -0.4 is 0 Å². The maximum atomic E-state index is 12.9. The zero-order chi connectivity index (χ0) is 58.5. The van der Waals surface area contributed by atoms with Crippen molar-refractivity contribution in [1.29, 1.82) is 0 Å². The third-order valence-corrected chi connectivity index (χ3v) is 16.0. The molecule has 0 fully saturated rings. The summed E-state index contributed by atoms with van der Waals surface area (Å²) in [5.74, 6) is -0.856. The highest BCUT2D eigenvalue weighted by molar-refractivity contribution is 5.71. The summed E-state index contributed by atoms with van der Waals surface area (Å²) in [6.45, 7) is 6.52. The van der Waals surface area contributed by atoms with E-state index >= 15 is 0 Å². The number of hydrogen-bond acceptors (Lipinski definition) is 6. The maximum absolute atomic E-state index is 12.9. The lowest BCUT2D eigenvalue weighted by molar-refractivity contribution is -0.167. The lowest BCUT2D eigenvalue weighted by Crippen LogP contribution is -2.30. The number of carbonyl (C=O) groups is 3. The fourth-order valence-electron chi connectivity index (χ4n) is 10.7. The van der Waals surface area contributed by atoms with Crippen LogP contribution in [0.15, 0.2) is 60.8 Å². The van der Waals surface area contributed by atoms with Gasteiger partial charge in [0.1, 0.15) is 13.2 Å². The smallest absolute Gasteiger partial charge is 0.306 e. The molecule has 0 aromatic rings. The van der Waals surface area contributed by atoms with Gasteiger partial charge in [0.2, 0.25) is 0 Å². The van der Waals surface area contributed by atoms with Crippen LogP contribution in [0.2, 0.25) is 0 Å². The summed E-state index contributed by atoms with van der Waals surface area (Å²) in [5, 5.41) is 0. The number of carbonyl (C=O) groups excluding carboxylic acids is 3. The van der Waals surface area contributed by atoms with Crippen molar-refractivity contribution in [3.05, 3.63) is 60.8 Å². The van der Waals surface area contributed by atoms with E-state index in [9.17, 15) is 14.4 Å². The number of ether oxygens (including phenoxy) is 3. The summed E-state index contributed by atoms with van der Waals surface area (Å²) in [6, 6.07) is 0. The molecule has 0 rings (SSSR count). The molecular weight excluding hydrogens is 997 g/mol. The van der Waals surface area contributed by atoms with Crippen molar-refractivity contribution in [3.8, 4) is 0 Å². The van der Waals surface area contributed by atoms with Crippen LogP contribution in [-0.2, 0) is 28.6 Å². The molecule has 0 bridgehead atoms. The first-order valence-electron chi connectivity index (χ1n) is 35.8. The van der Waals surface area contributed by atoms with Crippen LogP contribution in [0.5, 0.6) is 0 Å². The Kier molecular flexibility index (Phi) is 67.1. The molecule has 81 heavy (non-hydrogen) atoms. The molecule has 0 heterocycles. The largest absolute Gasteiger partial charge is 0.462 e. The Hall–Kier alpha value is -2.89. The predicted octanol–water partition coefficient (Wildman–Crippen LogP) is 24.7. The number of rotatable bonds is 66. The standard InChI is InChI=1S/C75H136O6/c1-4-7-10-13-16-19-22-24-26-28-30-32-34-35-36-37-38-39-40-41-42-44-45-47-49-51-53-56-59-62-65-68-74(77)80-71-72(70-79-73(76)67-64-61-58-55-21-18-15-12-9-6-3)81-75(78)69-66-63-60-57-54-52-50-48-46-43-33-31-29-27-25-23-20-17-14-11-8-5-2/h7,10,12,15-16,19,24,26,30,32,72H,4-6,8-9,11,13-14,17-18,20-23,25,27-29,31,33-71H2,1-3H3/b10-7-,15-12-,19-16-,26-24-,32-30-. The van der Waals surface area contributed by atoms with Gasteiger partial charge < -0.3 is 14.2 Å². The molecule has 0 saturated carbocycles. The quantitative estimate of drug-likeness (QED) is 0.0261. The molecule has 0 aromatic carbocycles. The first-order chi connectivity index (χ1) is 40.0. The summed E-state index contributed by atoms with van der Waals surface area (Å²) in [4.78, 5) is 38.3. The molecule has 0 aliphatic rings. The maximum Gasteiger partial charge on any atom is 0.306 e. The van der Waals surface area contributed by atoms with Gasteiger partial charge in [0, 0.05) is 19.3 Å². The molecule has 0 saturated heterocycles. The highest BCUT2D eigenvalue weighted by Gasteiger charge is 2.19. The fraction of sp³-hybridized carbons (Fsp3) is 0.827. The van der Waals surface area contributed by atoms with Crippen LogP contribution in [0.4, 0.5) is 0 Å². The van der Waals surface area contributed by atoms with Crippen molar-refractivity contribution in [2.75, 3.05) is 13.2 Å². The third kappa shape index (κ3) is 67.8. The van der Waals surface area contributed by atoms with Gasteiger partial charge in [-0.1, -0.05) is 345 Å². The first-order valence-corrected chi connectivity index (χ1v) is 35.8. The molecule has 0 aliphatic heterocycles. The Balaban J connectivity index is 4.10.